The first-order valence-electron chi connectivity index (χ1n) is 6.08. The van der Waals surface area contributed by atoms with Gasteiger partial charge in [-0.3, -0.25) is 4.79 Å². The van der Waals surface area contributed by atoms with E-state index in [-0.39, 0.29) is 23.9 Å². The summed E-state index contributed by atoms with van der Waals surface area (Å²) in [6, 6.07) is 0.570. The van der Waals surface area contributed by atoms with Gasteiger partial charge in [0.15, 0.2) is 0 Å². The van der Waals surface area contributed by atoms with Gasteiger partial charge < -0.3 is 10.6 Å². The van der Waals surface area contributed by atoms with Gasteiger partial charge in [0.05, 0.1) is 0 Å². The molecule has 2 N–H and O–H groups in total. The molecule has 1 unspecified atom stereocenters. The zero-order chi connectivity index (χ0) is 11.3. The maximum Gasteiger partial charge on any atom is 0.220 e. The van der Waals surface area contributed by atoms with Crippen LogP contribution < -0.4 is 10.6 Å². The van der Waals surface area contributed by atoms with E-state index in [1.807, 2.05) is 0 Å². The lowest BCUT2D eigenvalue weighted by Gasteiger charge is -2.24. The first kappa shape index (κ1) is 15.7. The van der Waals surface area contributed by atoms with Crippen molar-refractivity contribution in [3.63, 3.8) is 0 Å². The summed E-state index contributed by atoms with van der Waals surface area (Å²) in [6.07, 6.45) is 5.09. The molecular weight excluding hydrogens is 224 g/mol. The lowest BCUT2D eigenvalue weighted by Crippen LogP contribution is -2.43. The first-order chi connectivity index (χ1) is 7.03. The van der Waals surface area contributed by atoms with E-state index in [0.29, 0.717) is 12.5 Å². The van der Waals surface area contributed by atoms with E-state index >= 15 is 0 Å². The molecule has 0 spiro atoms. The highest BCUT2D eigenvalue weighted by Crippen LogP contribution is 2.12. The Kier molecular flexibility index (Phi) is 7.00. The van der Waals surface area contributed by atoms with Gasteiger partial charge in [-0.2, -0.15) is 0 Å². The maximum atomic E-state index is 11.6. The molecule has 1 atom stereocenters. The number of nitrogens with one attached hydrogen (secondary N) is 2. The molecule has 1 aliphatic heterocycles. The van der Waals surface area contributed by atoms with E-state index in [2.05, 4.69) is 31.4 Å². The second-order valence-electron chi connectivity index (χ2n) is 5.12. The maximum absolute atomic E-state index is 11.6. The van der Waals surface area contributed by atoms with Crippen LogP contribution in [-0.2, 0) is 4.79 Å². The summed E-state index contributed by atoms with van der Waals surface area (Å²) < 4.78 is 0. The molecule has 0 aromatic rings. The Morgan fingerprint density at radius 3 is 2.69 bits per heavy atom. The number of amides is 1. The molecule has 1 rings (SSSR count). The van der Waals surface area contributed by atoms with Crippen molar-refractivity contribution in [1.29, 1.82) is 0 Å². The van der Waals surface area contributed by atoms with Crippen LogP contribution in [0.25, 0.3) is 0 Å². The normalized spacial score (nSPS) is 20.3. The fraction of sp³-hybridized carbons (Fsp3) is 0.917. The average molecular weight is 249 g/mol. The summed E-state index contributed by atoms with van der Waals surface area (Å²) in [5.41, 5.74) is -0.0554. The predicted molar refractivity (Wildman–Crippen MR) is 70.0 cm³/mol. The van der Waals surface area contributed by atoms with E-state index in [1.165, 1.54) is 12.8 Å². The van der Waals surface area contributed by atoms with Gasteiger partial charge in [-0.25, -0.2) is 0 Å². The van der Waals surface area contributed by atoms with Crippen molar-refractivity contribution in [1.82, 2.24) is 10.6 Å². The Bertz CT molecular complexity index is 213. The molecule has 1 heterocycles. The van der Waals surface area contributed by atoms with Crippen molar-refractivity contribution < 1.29 is 4.79 Å². The van der Waals surface area contributed by atoms with E-state index in [0.717, 1.165) is 19.4 Å². The Hall–Kier alpha value is -0.280. The van der Waals surface area contributed by atoms with Gasteiger partial charge in [0, 0.05) is 18.0 Å². The van der Waals surface area contributed by atoms with Crippen molar-refractivity contribution in [2.24, 2.45) is 0 Å². The highest BCUT2D eigenvalue weighted by atomic mass is 35.5. The van der Waals surface area contributed by atoms with E-state index < -0.39 is 0 Å². The molecule has 0 aromatic heterocycles. The molecule has 16 heavy (non-hydrogen) atoms. The molecule has 1 aliphatic rings. The molecule has 0 bridgehead atoms. The fourth-order valence-corrected chi connectivity index (χ4v) is 1.84. The van der Waals surface area contributed by atoms with Gasteiger partial charge in [0.25, 0.3) is 0 Å². The predicted octanol–water partition coefficient (Wildman–Crippen LogP) is 2.25. The molecule has 0 aliphatic carbocycles. The highest BCUT2D eigenvalue weighted by molar-refractivity contribution is 5.85. The standard InChI is InChI=1S/C12H24N2O.ClH/c1-4-12(2,3)14-11(15)8-7-10-6-5-9-13-10;/h10,13H,4-9H2,1-3H3,(H,14,15);1H. The molecule has 3 nitrogen and oxygen atoms in total. The van der Waals surface area contributed by atoms with Crippen LogP contribution >= 0.6 is 12.4 Å². The monoisotopic (exact) mass is 248 g/mol. The average Bonchev–Trinajstić information content (AvgIpc) is 2.66. The van der Waals surface area contributed by atoms with E-state index in [9.17, 15) is 4.79 Å². The van der Waals surface area contributed by atoms with Crippen LogP contribution in [0, 0.1) is 0 Å². The second kappa shape index (κ2) is 7.13. The fourth-order valence-electron chi connectivity index (χ4n) is 1.84. The smallest absolute Gasteiger partial charge is 0.220 e. The van der Waals surface area contributed by atoms with Crippen LogP contribution in [0.1, 0.15) is 52.9 Å². The molecule has 0 radical (unpaired) electrons. The van der Waals surface area contributed by atoms with Crippen LogP contribution in [-0.4, -0.2) is 24.0 Å². The third-order valence-corrected chi connectivity index (χ3v) is 3.24. The minimum Gasteiger partial charge on any atom is -0.351 e. The van der Waals surface area contributed by atoms with Crippen LogP contribution in [0.15, 0.2) is 0 Å². The molecule has 4 heteroatoms. The van der Waals surface area contributed by atoms with Crippen LogP contribution in [0.3, 0.4) is 0 Å². The number of halogens is 1. The molecule has 0 aromatic carbocycles. The lowest BCUT2D eigenvalue weighted by molar-refractivity contribution is -0.122. The lowest BCUT2D eigenvalue weighted by atomic mass is 10.0. The van der Waals surface area contributed by atoms with Crippen molar-refractivity contribution in [2.45, 2.75) is 64.5 Å². The van der Waals surface area contributed by atoms with Crippen molar-refractivity contribution in [3.8, 4) is 0 Å². The number of hydrogen-bond donors (Lipinski definition) is 2. The van der Waals surface area contributed by atoms with Gasteiger partial charge in [-0.15, -0.1) is 12.4 Å². The molecule has 1 saturated heterocycles. The Labute approximate surface area is 105 Å². The summed E-state index contributed by atoms with van der Waals surface area (Å²) in [6.45, 7) is 7.35. The molecule has 1 amide bonds. The van der Waals surface area contributed by atoms with Gasteiger partial charge in [-0.1, -0.05) is 6.92 Å². The quantitative estimate of drug-likeness (QED) is 0.784. The molecular formula is C12H25ClN2O. The van der Waals surface area contributed by atoms with Gasteiger partial charge in [-0.05, 0) is 46.1 Å². The minimum atomic E-state index is -0.0554. The Balaban J connectivity index is 0.00000225. The minimum absolute atomic E-state index is 0. The molecule has 96 valence electrons. The zero-order valence-corrected chi connectivity index (χ0v) is 11.5. The van der Waals surface area contributed by atoms with Crippen LogP contribution in [0.2, 0.25) is 0 Å². The number of hydrogen-bond acceptors (Lipinski definition) is 2. The van der Waals surface area contributed by atoms with Crippen molar-refractivity contribution in [2.75, 3.05) is 6.54 Å². The largest absolute Gasteiger partial charge is 0.351 e. The van der Waals surface area contributed by atoms with Gasteiger partial charge in [0.1, 0.15) is 0 Å². The summed E-state index contributed by atoms with van der Waals surface area (Å²) in [5.74, 6) is 0.190. The topological polar surface area (TPSA) is 41.1 Å². The third-order valence-electron chi connectivity index (χ3n) is 3.24. The summed E-state index contributed by atoms with van der Waals surface area (Å²) >= 11 is 0. The number of carbonyl (C=O) groups is 1. The highest BCUT2D eigenvalue weighted by Gasteiger charge is 2.19. The summed E-state index contributed by atoms with van der Waals surface area (Å²) in [4.78, 5) is 11.6. The van der Waals surface area contributed by atoms with E-state index in [1.54, 1.807) is 0 Å². The molecule has 0 saturated carbocycles. The first-order valence-corrected chi connectivity index (χ1v) is 6.08. The second-order valence-corrected chi connectivity index (χ2v) is 5.12. The Morgan fingerprint density at radius 1 is 1.50 bits per heavy atom. The van der Waals surface area contributed by atoms with Crippen LogP contribution in [0.5, 0.6) is 0 Å². The van der Waals surface area contributed by atoms with Crippen LogP contribution in [0.4, 0.5) is 0 Å². The summed E-state index contributed by atoms with van der Waals surface area (Å²) in [7, 11) is 0. The van der Waals surface area contributed by atoms with E-state index in [4.69, 9.17) is 0 Å². The number of rotatable bonds is 5. The SMILES string of the molecule is CCC(C)(C)NC(=O)CCC1CCCN1.Cl. The third kappa shape index (κ3) is 5.71. The molecule has 1 fully saturated rings. The summed E-state index contributed by atoms with van der Waals surface area (Å²) in [5, 5.41) is 6.47. The van der Waals surface area contributed by atoms with Crippen molar-refractivity contribution >= 4 is 18.3 Å². The number of carbonyl (C=O) groups excluding carboxylic acids is 1. The van der Waals surface area contributed by atoms with Gasteiger partial charge in [0.2, 0.25) is 5.91 Å². The van der Waals surface area contributed by atoms with Crippen molar-refractivity contribution in [3.05, 3.63) is 0 Å². The Morgan fingerprint density at radius 2 is 2.19 bits per heavy atom. The zero-order valence-electron chi connectivity index (χ0n) is 10.6. The van der Waals surface area contributed by atoms with Gasteiger partial charge >= 0.3 is 0 Å².